The van der Waals surface area contributed by atoms with Crippen LogP contribution in [-0.2, 0) is 0 Å². The highest BCUT2D eigenvalue weighted by Crippen LogP contribution is 2.23. The molecule has 94 valence electrons. The Hall–Kier alpha value is -2.01. The fraction of sp³-hybridized carbons (Fsp3) is 0.231. The van der Waals surface area contributed by atoms with E-state index in [2.05, 4.69) is 15.3 Å². The van der Waals surface area contributed by atoms with E-state index in [1.54, 1.807) is 31.3 Å². The summed E-state index contributed by atoms with van der Waals surface area (Å²) in [4.78, 5) is 8.09. The van der Waals surface area contributed by atoms with Crippen LogP contribution in [0.15, 0.2) is 36.7 Å². The highest BCUT2D eigenvalue weighted by molar-refractivity contribution is 5.30. The zero-order valence-electron chi connectivity index (χ0n) is 10.2. The first kappa shape index (κ1) is 12.4. The molecule has 0 aliphatic rings. The zero-order chi connectivity index (χ0) is 13.0. The Morgan fingerprint density at radius 3 is 2.72 bits per heavy atom. The van der Waals surface area contributed by atoms with E-state index < -0.39 is 0 Å². The van der Waals surface area contributed by atoms with Crippen molar-refractivity contribution in [2.75, 3.05) is 14.2 Å². The average Bonchev–Trinajstić information content (AvgIpc) is 2.42. The SMILES string of the molecule is CNC(c1cc(OC)ncn1)c1ccccc1F. The van der Waals surface area contributed by atoms with Crippen molar-refractivity contribution in [2.45, 2.75) is 6.04 Å². The number of hydrogen-bond acceptors (Lipinski definition) is 4. The second-order valence-electron chi connectivity index (χ2n) is 3.73. The van der Waals surface area contributed by atoms with Crippen molar-refractivity contribution in [2.24, 2.45) is 0 Å². The van der Waals surface area contributed by atoms with Gasteiger partial charge in [0.1, 0.15) is 12.1 Å². The molecule has 0 fully saturated rings. The number of rotatable bonds is 4. The molecule has 1 N–H and O–H groups in total. The Labute approximate surface area is 105 Å². The van der Waals surface area contributed by atoms with Crippen LogP contribution in [-0.4, -0.2) is 24.1 Å². The van der Waals surface area contributed by atoms with Crippen molar-refractivity contribution < 1.29 is 9.13 Å². The minimum Gasteiger partial charge on any atom is -0.481 e. The molecule has 0 radical (unpaired) electrons. The summed E-state index contributed by atoms with van der Waals surface area (Å²) in [5, 5.41) is 3.04. The first-order valence-corrected chi connectivity index (χ1v) is 5.54. The van der Waals surface area contributed by atoms with Crippen molar-refractivity contribution in [1.82, 2.24) is 15.3 Å². The van der Waals surface area contributed by atoms with Gasteiger partial charge >= 0.3 is 0 Å². The van der Waals surface area contributed by atoms with Crippen molar-refractivity contribution in [3.63, 3.8) is 0 Å². The first-order chi connectivity index (χ1) is 8.76. The fourth-order valence-corrected chi connectivity index (χ4v) is 1.79. The number of nitrogens with zero attached hydrogens (tertiary/aromatic N) is 2. The summed E-state index contributed by atoms with van der Waals surface area (Å²) < 4.78 is 18.8. The van der Waals surface area contributed by atoms with Crippen LogP contribution in [0.25, 0.3) is 0 Å². The van der Waals surface area contributed by atoms with E-state index in [9.17, 15) is 4.39 Å². The highest BCUT2D eigenvalue weighted by Gasteiger charge is 2.17. The Morgan fingerprint density at radius 1 is 1.28 bits per heavy atom. The van der Waals surface area contributed by atoms with E-state index in [1.807, 2.05) is 0 Å². The van der Waals surface area contributed by atoms with Crippen LogP contribution < -0.4 is 10.1 Å². The van der Waals surface area contributed by atoms with Gasteiger partial charge in [-0.05, 0) is 13.1 Å². The van der Waals surface area contributed by atoms with Gasteiger partial charge in [-0.3, -0.25) is 0 Å². The molecule has 0 aliphatic carbocycles. The van der Waals surface area contributed by atoms with Crippen LogP contribution >= 0.6 is 0 Å². The average molecular weight is 247 g/mol. The number of halogens is 1. The first-order valence-electron chi connectivity index (χ1n) is 5.54. The predicted molar refractivity (Wildman–Crippen MR) is 65.9 cm³/mol. The molecule has 4 nitrogen and oxygen atoms in total. The molecule has 2 rings (SSSR count). The minimum absolute atomic E-state index is 0.269. The zero-order valence-corrected chi connectivity index (χ0v) is 10.2. The van der Waals surface area contributed by atoms with Crippen LogP contribution in [0.3, 0.4) is 0 Å². The Bertz CT molecular complexity index is 533. The van der Waals surface area contributed by atoms with E-state index in [1.165, 1.54) is 19.5 Å². The molecular formula is C13H14FN3O. The molecule has 0 amide bonds. The summed E-state index contributed by atoms with van der Waals surface area (Å²) in [6.07, 6.45) is 1.40. The van der Waals surface area contributed by atoms with E-state index in [-0.39, 0.29) is 11.9 Å². The van der Waals surface area contributed by atoms with Crippen LogP contribution in [0.5, 0.6) is 5.88 Å². The van der Waals surface area contributed by atoms with Gasteiger partial charge in [-0.2, -0.15) is 0 Å². The van der Waals surface area contributed by atoms with Crippen molar-refractivity contribution in [1.29, 1.82) is 0 Å². The summed E-state index contributed by atoms with van der Waals surface area (Å²) in [5.41, 5.74) is 1.20. The molecular weight excluding hydrogens is 233 g/mol. The van der Waals surface area contributed by atoms with E-state index in [0.29, 0.717) is 17.1 Å². The van der Waals surface area contributed by atoms with Gasteiger partial charge < -0.3 is 10.1 Å². The molecule has 18 heavy (non-hydrogen) atoms. The van der Waals surface area contributed by atoms with E-state index >= 15 is 0 Å². The molecule has 5 heteroatoms. The molecule has 0 saturated heterocycles. The number of aromatic nitrogens is 2. The second-order valence-corrected chi connectivity index (χ2v) is 3.73. The third kappa shape index (κ3) is 2.46. The smallest absolute Gasteiger partial charge is 0.216 e. The number of nitrogens with one attached hydrogen (secondary N) is 1. The lowest BCUT2D eigenvalue weighted by atomic mass is 10.0. The second kappa shape index (κ2) is 5.55. The molecule has 1 aromatic heterocycles. The van der Waals surface area contributed by atoms with Gasteiger partial charge in [-0.15, -0.1) is 0 Å². The summed E-state index contributed by atoms with van der Waals surface area (Å²) in [6, 6.07) is 7.97. The van der Waals surface area contributed by atoms with Crippen LogP contribution in [0.4, 0.5) is 4.39 Å². The normalized spacial score (nSPS) is 12.2. The maximum absolute atomic E-state index is 13.8. The van der Waals surface area contributed by atoms with E-state index in [4.69, 9.17) is 4.74 Å². The number of benzene rings is 1. The molecule has 0 aliphatic heterocycles. The van der Waals surface area contributed by atoms with Crippen molar-refractivity contribution in [3.8, 4) is 5.88 Å². The van der Waals surface area contributed by atoms with Crippen molar-refractivity contribution >= 4 is 0 Å². The van der Waals surface area contributed by atoms with Crippen LogP contribution in [0, 0.1) is 5.82 Å². The molecule has 0 spiro atoms. The largest absolute Gasteiger partial charge is 0.481 e. The third-order valence-electron chi connectivity index (χ3n) is 2.67. The molecule has 0 bridgehead atoms. The number of hydrogen-bond donors (Lipinski definition) is 1. The maximum atomic E-state index is 13.8. The molecule has 1 unspecified atom stereocenters. The Balaban J connectivity index is 2.42. The molecule has 1 atom stereocenters. The summed E-state index contributed by atoms with van der Waals surface area (Å²) in [5.74, 6) is 0.186. The van der Waals surface area contributed by atoms with Crippen LogP contribution in [0.1, 0.15) is 17.3 Å². The molecule has 1 aromatic carbocycles. The minimum atomic E-state index is -0.330. The third-order valence-corrected chi connectivity index (χ3v) is 2.67. The lowest BCUT2D eigenvalue weighted by Crippen LogP contribution is -2.20. The highest BCUT2D eigenvalue weighted by atomic mass is 19.1. The monoisotopic (exact) mass is 247 g/mol. The molecule has 1 heterocycles. The van der Waals surface area contributed by atoms with Gasteiger partial charge in [-0.1, -0.05) is 18.2 Å². The van der Waals surface area contributed by atoms with Gasteiger partial charge in [0.15, 0.2) is 0 Å². The van der Waals surface area contributed by atoms with E-state index in [0.717, 1.165) is 0 Å². The topological polar surface area (TPSA) is 47.0 Å². The van der Waals surface area contributed by atoms with Crippen LogP contribution in [0.2, 0.25) is 0 Å². The lowest BCUT2D eigenvalue weighted by Gasteiger charge is -2.16. The Morgan fingerprint density at radius 2 is 2.06 bits per heavy atom. The number of methoxy groups -OCH3 is 1. The van der Waals surface area contributed by atoms with Gasteiger partial charge in [0.2, 0.25) is 5.88 Å². The summed E-state index contributed by atoms with van der Waals surface area (Å²) in [6.45, 7) is 0. The summed E-state index contributed by atoms with van der Waals surface area (Å²) in [7, 11) is 3.29. The maximum Gasteiger partial charge on any atom is 0.216 e. The summed E-state index contributed by atoms with van der Waals surface area (Å²) >= 11 is 0. The quantitative estimate of drug-likeness (QED) is 0.896. The standard InChI is InChI=1S/C13H14FN3O/c1-15-13(9-5-3-4-6-10(9)14)11-7-12(18-2)17-8-16-11/h3-8,13,15H,1-2H3. The van der Waals surface area contributed by atoms with Gasteiger partial charge in [0.25, 0.3) is 0 Å². The fourth-order valence-electron chi connectivity index (χ4n) is 1.79. The van der Waals surface area contributed by atoms with Gasteiger partial charge in [0.05, 0.1) is 18.8 Å². The molecule has 0 saturated carbocycles. The Kier molecular flexibility index (Phi) is 3.84. The molecule has 2 aromatic rings. The van der Waals surface area contributed by atoms with Crippen molar-refractivity contribution in [3.05, 3.63) is 53.7 Å². The predicted octanol–water partition coefficient (Wildman–Crippen LogP) is 1.93. The van der Waals surface area contributed by atoms with Gasteiger partial charge in [0, 0.05) is 11.6 Å². The van der Waals surface area contributed by atoms with Gasteiger partial charge in [-0.25, -0.2) is 14.4 Å². The number of ether oxygens (including phenoxy) is 1. The lowest BCUT2D eigenvalue weighted by molar-refractivity contribution is 0.395.